The van der Waals surface area contributed by atoms with Gasteiger partial charge in [-0.05, 0) is 45.4 Å². The van der Waals surface area contributed by atoms with Crippen LogP contribution in [0, 0.1) is 0 Å². The maximum absolute atomic E-state index is 12.2. The van der Waals surface area contributed by atoms with Crippen LogP contribution in [-0.4, -0.2) is 30.8 Å². The molecule has 7 heteroatoms. The molecule has 23 heavy (non-hydrogen) atoms. The second-order valence-corrected chi connectivity index (χ2v) is 6.12. The molecule has 0 aliphatic carbocycles. The van der Waals surface area contributed by atoms with E-state index in [1.807, 2.05) is 27.7 Å². The number of halogens is 3. The van der Waals surface area contributed by atoms with Crippen LogP contribution in [-0.2, 0) is 6.54 Å². The molecule has 0 fully saturated rings. The van der Waals surface area contributed by atoms with Crippen LogP contribution in [0.25, 0.3) is 0 Å². The molecular weight excluding hydrogens is 307 g/mol. The van der Waals surface area contributed by atoms with E-state index in [0.29, 0.717) is 12.5 Å². The van der Waals surface area contributed by atoms with E-state index < -0.39 is 12.8 Å². The standard InChI is InChI=1S/C16H24F3N3O/c1-5-20-14(22-15(2,3)4)21-10-12-7-6-8-13(9-12)23-11-16(17,18)19/h6-9H,5,10-11H2,1-4H3,(H2,20,21,22). The van der Waals surface area contributed by atoms with E-state index in [2.05, 4.69) is 15.6 Å². The van der Waals surface area contributed by atoms with Crippen LogP contribution < -0.4 is 15.4 Å². The van der Waals surface area contributed by atoms with E-state index in [1.54, 1.807) is 18.2 Å². The summed E-state index contributed by atoms with van der Waals surface area (Å²) in [5.41, 5.74) is 0.634. The van der Waals surface area contributed by atoms with Crippen molar-refractivity contribution in [1.29, 1.82) is 0 Å². The molecular formula is C16H24F3N3O. The lowest BCUT2D eigenvalue weighted by Crippen LogP contribution is -2.47. The highest BCUT2D eigenvalue weighted by atomic mass is 19.4. The largest absolute Gasteiger partial charge is 0.484 e. The Hall–Kier alpha value is -1.92. The zero-order valence-corrected chi connectivity index (χ0v) is 13.9. The van der Waals surface area contributed by atoms with Crippen LogP contribution >= 0.6 is 0 Å². The summed E-state index contributed by atoms with van der Waals surface area (Å²) in [5, 5.41) is 6.37. The van der Waals surface area contributed by atoms with Crippen molar-refractivity contribution in [1.82, 2.24) is 10.6 Å². The summed E-state index contributed by atoms with van der Waals surface area (Å²) in [6, 6.07) is 6.51. The predicted octanol–water partition coefficient (Wildman–Crippen LogP) is 3.48. The monoisotopic (exact) mass is 331 g/mol. The molecule has 0 bridgehead atoms. The van der Waals surface area contributed by atoms with Crippen molar-refractivity contribution in [2.45, 2.75) is 46.0 Å². The first-order valence-electron chi connectivity index (χ1n) is 7.44. The van der Waals surface area contributed by atoms with Gasteiger partial charge in [0, 0.05) is 12.1 Å². The van der Waals surface area contributed by atoms with Gasteiger partial charge in [-0.3, -0.25) is 0 Å². The lowest BCUT2D eigenvalue weighted by molar-refractivity contribution is -0.153. The number of ether oxygens (including phenoxy) is 1. The van der Waals surface area contributed by atoms with E-state index in [4.69, 9.17) is 4.74 Å². The Morgan fingerprint density at radius 1 is 1.22 bits per heavy atom. The highest BCUT2D eigenvalue weighted by Gasteiger charge is 2.28. The fourth-order valence-corrected chi connectivity index (χ4v) is 1.73. The van der Waals surface area contributed by atoms with Gasteiger partial charge >= 0.3 is 6.18 Å². The van der Waals surface area contributed by atoms with Crippen LogP contribution in [0.3, 0.4) is 0 Å². The summed E-state index contributed by atoms with van der Waals surface area (Å²) >= 11 is 0. The van der Waals surface area contributed by atoms with Crippen LogP contribution in [0.5, 0.6) is 5.75 Å². The Balaban J connectivity index is 2.73. The van der Waals surface area contributed by atoms with Crippen molar-refractivity contribution in [3.8, 4) is 5.75 Å². The quantitative estimate of drug-likeness (QED) is 0.641. The molecule has 0 aliphatic rings. The van der Waals surface area contributed by atoms with Crippen molar-refractivity contribution < 1.29 is 17.9 Å². The second kappa shape index (κ2) is 8.08. The van der Waals surface area contributed by atoms with Crippen molar-refractivity contribution in [2.75, 3.05) is 13.2 Å². The summed E-state index contributed by atoms with van der Waals surface area (Å²) in [6.07, 6.45) is -4.34. The van der Waals surface area contributed by atoms with Crippen molar-refractivity contribution in [2.24, 2.45) is 4.99 Å². The topological polar surface area (TPSA) is 45.7 Å². The van der Waals surface area contributed by atoms with Gasteiger partial charge in [-0.25, -0.2) is 4.99 Å². The number of hydrogen-bond acceptors (Lipinski definition) is 2. The van der Waals surface area contributed by atoms with E-state index in [0.717, 1.165) is 12.1 Å². The second-order valence-electron chi connectivity index (χ2n) is 6.12. The van der Waals surface area contributed by atoms with Gasteiger partial charge in [-0.15, -0.1) is 0 Å². The zero-order valence-electron chi connectivity index (χ0n) is 13.9. The Bertz CT molecular complexity index is 522. The van der Waals surface area contributed by atoms with Gasteiger partial charge in [0.05, 0.1) is 6.54 Å². The first-order chi connectivity index (χ1) is 10.6. The van der Waals surface area contributed by atoms with E-state index in [9.17, 15) is 13.2 Å². The minimum absolute atomic E-state index is 0.140. The number of guanidine groups is 1. The Labute approximate surface area is 135 Å². The normalized spacial score (nSPS) is 12.9. The minimum Gasteiger partial charge on any atom is -0.484 e. The SMILES string of the molecule is CCNC(=NCc1cccc(OCC(F)(F)F)c1)NC(C)(C)C. The van der Waals surface area contributed by atoms with Gasteiger partial charge < -0.3 is 15.4 Å². The number of rotatable bonds is 5. The van der Waals surface area contributed by atoms with Gasteiger partial charge in [0.1, 0.15) is 5.75 Å². The number of nitrogens with zero attached hydrogens (tertiary/aromatic N) is 1. The minimum atomic E-state index is -4.34. The van der Waals surface area contributed by atoms with Crippen molar-refractivity contribution in [3.63, 3.8) is 0 Å². The van der Waals surface area contributed by atoms with Crippen LogP contribution in [0.15, 0.2) is 29.3 Å². The van der Waals surface area contributed by atoms with E-state index in [-0.39, 0.29) is 11.3 Å². The average Bonchev–Trinajstić information content (AvgIpc) is 2.41. The Morgan fingerprint density at radius 3 is 2.48 bits per heavy atom. The molecule has 0 unspecified atom stereocenters. The van der Waals surface area contributed by atoms with Crippen LogP contribution in [0.1, 0.15) is 33.3 Å². The molecule has 0 radical (unpaired) electrons. The Kier molecular flexibility index (Phi) is 6.72. The lowest BCUT2D eigenvalue weighted by atomic mass is 10.1. The number of hydrogen-bond donors (Lipinski definition) is 2. The summed E-state index contributed by atoms with van der Waals surface area (Å²) in [5.74, 6) is 0.838. The Morgan fingerprint density at radius 2 is 1.91 bits per heavy atom. The molecule has 2 N–H and O–H groups in total. The van der Waals surface area contributed by atoms with Crippen molar-refractivity contribution >= 4 is 5.96 Å². The highest BCUT2D eigenvalue weighted by molar-refractivity contribution is 5.80. The maximum Gasteiger partial charge on any atom is 0.422 e. The number of benzene rings is 1. The van der Waals surface area contributed by atoms with Gasteiger partial charge in [0.25, 0.3) is 0 Å². The summed E-state index contributed by atoms with van der Waals surface area (Å²) in [6.45, 7) is 7.78. The molecule has 0 saturated carbocycles. The molecule has 0 heterocycles. The van der Waals surface area contributed by atoms with Gasteiger partial charge in [-0.2, -0.15) is 13.2 Å². The third-order valence-corrected chi connectivity index (χ3v) is 2.56. The van der Waals surface area contributed by atoms with Crippen molar-refractivity contribution in [3.05, 3.63) is 29.8 Å². The van der Waals surface area contributed by atoms with Gasteiger partial charge in [0.2, 0.25) is 0 Å². The van der Waals surface area contributed by atoms with Gasteiger partial charge in [0.15, 0.2) is 12.6 Å². The van der Waals surface area contributed by atoms with Gasteiger partial charge in [-0.1, -0.05) is 12.1 Å². The average molecular weight is 331 g/mol. The molecule has 0 atom stereocenters. The summed E-state index contributed by atoms with van der Waals surface area (Å²) < 4.78 is 41.3. The molecule has 1 aromatic carbocycles. The maximum atomic E-state index is 12.2. The number of aliphatic imine (C=N–C) groups is 1. The van der Waals surface area contributed by atoms with Crippen LogP contribution in [0.2, 0.25) is 0 Å². The van der Waals surface area contributed by atoms with E-state index >= 15 is 0 Å². The molecule has 0 amide bonds. The number of nitrogens with one attached hydrogen (secondary N) is 2. The van der Waals surface area contributed by atoms with Crippen LogP contribution in [0.4, 0.5) is 13.2 Å². The first kappa shape index (κ1) is 19.1. The highest BCUT2D eigenvalue weighted by Crippen LogP contribution is 2.19. The molecule has 0 saturated heterocycles. The molecule has 0 aromatic heterocycles. The lowest BCUT2D eigenvalue weighted by Gasteiger charge is -2.23. The molecule has 0 aliphatic heterocycles. The smallest absolute Gasteiger partial charge is 0.422 e. The summed E-state index contributed by atoms with van der Waals surface area (Å²) in [4.78, 5) is 4.44. The third kappa shape index (κ3) is 8.95. The fraction of sp³-hybridized carbons (Fsp3) is 0.562. The fourth-order valence-electron chi connectivity index (χ4n) is 1.73. The third-order valence-electron chi connectivity index (χ3n) is 2.56. The van der Waals surface area contributed by atoms with E-state index in [1.165, 1.54) is 6.07 Å². The molecule has 1 rings (SSSR count). The molecule has 0 spiro atoms. The molecule has 4 nitrogen and oxygen atoms in total. The predicted molar refractivity (Wildman–Crippen MR) is 85.7 cm³/mol. The molecule has 1 aromatic rings. The number of alkyl halides is 3. The molecule has 130 valence electrons. The summed E-state index contributed by atoms with van der Waals surface area (Å²) in [7, 11) is 0. The zero-order chi connectivity index (χ0) is 17.5. The first-order valence-corrected chi connectivity index (χ1v) is 7.44.